The first kappa shape index (κ1) is 31.5. The van der Waals surface area contributed by atoms with Gasteiger partial charge in [0.25, 0.3) is 0 Å². The quantitative estimate of drug-likeness (QED) is 0.0717. The summed E-state index contributed by atoms with van der Waals surface area (Å²) in [6.45, 7) is 7.20. The van der Waals surface area contributed by atoms with Crippen molar-refractivity contribution in [1.29, 1.82) is 5.41 Å². The summed E-state index contributed by atoms with van der Waals surface area (Å²) in [5.74, 6) is 2.41. The highest BCUT2D eigenvalue weighted by Gasteiger charge is 2.50. The Kier molecular flexibility index (Phi) is 14.2. The Morgan fingerprint density at radius 3 is 2.00 bits per heavy atom. The smallest absolute Gasteiger partial charge is 0.221 e. The Morgan fingerprint density at radius 2 is 1.41 bits per heavy atom. The van der Waals surface area contributed by atoms with Gasteiger partial charge in [-0.25, -0.2) is 0 Å². The summed E-state index contributed by atoms with van der Waals surface area (Å²) in [6.07, 6.45) is 21.3. The summed E-state index contributed by atoms with van der Waals surface area (Å²) >= 11 is 0. The van der Waals surface area contributed by atoms with E-state index in [1.165, 1.54) is 95.5 Å². The number of rotatable bonds is 19. The van der Waals surface area contributed by atoms with Gasteiger partial charge in [0.1, 0.15) is 0 Å². The zero-order valence-electron chi connectivity index (χ0n) is 25.4. The van der Waals surface area contributed by atoms with Crippen LogP contribution in [0.25, 0.3) is 0 Å². The van der Waals surface area contributed by atoms with E-state index in [9.17, 15) is 4.79 Å². The highest BCUT2D eigenvalue weighted by Crippen LogP contribution is 2.54. The van der Waals surface area contributed by atoms with Crippen molar-refractivity contribution in [2.45, 2.75) is 148 Å². The monoisotopic (exact) mass is 538 g/mol. The average molecular weight is 539 g/mol. The molecule has 2 saturated carbocycles. The van der Waals surface area contributed by atoms with Crippen molar-refractivity contribution in [3.05, 3.63) is 35.9 Å². The fourth-order valence-electron chi connectivity index (χ4n) is 7.31. The number of benzene rings is 1. The highest BCUT2D eigenvalue weighted by molar-refractivity contribution is 5.80. The molecule has 2 aliphatic carbocycles. The number of likely N-dealkylation sites (N-methyl/N-ethyl adjacent to an activating group) is 1. The van der Waals surface area contributed by atoms with Crippen LogP contribution in [0.1, 0.15) is 141 Å². The van der Waals surface area contributed by atoms with Gasteiger partial charge in [0.05, 0.1) is 6.17 Å². The van der Waals surface area contributed by atoms with Gasteiger partial charge < -0.3 is 15.5 Å². The molecule has 0 radical (unpaired) electrons. The van der Waals surface area contributed by atoms with Crippen molar-refractivity contribution in [2.24, 2.45) is 11.8 Å². The van der Waals surface area contributed by atoms with Crippen LogP contribution >= 0.6 is 0 Å². The molecule has 1 aromatic rings. The van der Waals surface area contributed by atoms with E-state index in [0.29, 0.717) is 30.3 Å². The van der Waals surface area contributed by atoms with E-state index in [0.717, 1.165) is 25.3 Å². The number of nitrogens with zero attached hydrogens (tertiary/aromatic N) is 1. The lowest BCUT2D eigenvalue weighted by Gasteiger charge is -2.41. The molecule has 2 aliphatic rings. The molecule has 39 heavy (non-hydrogen) atoms. The molecule has 220 valence electrons. The molecule has 0 saturated heterocycles. The lowest BCUT2D eigenvalue weighted by molar-refractivity contribution is -0.121. The number of carbonyl (C=O) groups is 1. The molecule has 2 fully saturated rings. The Labute approximate surface area is 239 Å². The Balaban J connectivity index is 1.29. The maximum absolute atomic E-state index is 12.5. The van der Waals surface area contributed by atoms with Crippen LogP contribution in [-0.4, -0.2) is 35.5 Å². The molecule has 1 amide bonds. The molecule has 3 N–H and O–H groups in total. The normalized spacial score (nSPS) is 22.5. The predicted octanol–water partition coefficient (Wildman–Crippen LogP) is 8.36. The molecule has 5 nitrogen and oxygen atoms in total. The van der Waals surface area contributed by atoms with E-state index in [1.54, 1.807) is 0 Å². The second-order valence-electron chi connectivity index (χ2n) is 12.3. The maximum Gasteiger partial charge on any atom is 0.221 e. The van der Waals surface area contributed by atoms with Crippen molar-refractivity contribution in [2.75, 3.05) is 6.54 Å². The van der Waals surface area contributed by atoms with Gasteiger partial charge >= 0.3 is 0 Å². The number of hydrogen-bond donors (Lipinski definition) is 3. The maximum atomic E-state index is 12.5. The van der Waals surface area contributed by atoms with Gasteiger partial charge in [0, 0.05) is 24.9 Å². The number of hydrogen-bond acceptors (Lipinski definition) is 2. The first-order valence-electron chi connectivity index (χ1n) is 16.5. The molecule has 3 rings (SSSR count). The summed E-state index contributed by atoms with van der Waals surface area (Å²) < 4.78 is 0. The number of nitrogens with one attached hydrogen (secondary N) is 3. The van der Waals surface area contributed by atoms with Crippen LogP contribution in [0.2, 0.25) is 0 Å². The molecule has 0 aliphatic heterocycles. The summed E-state index contributed by atoms with van der Waals surface area (Å²) in [5.41, 5.74) is 1.42. The Bertz CT molecular complexity index is 828. The SMILES string of the molecule is CCCCCCCCCCCCCCCC(=O)NC(C)NC(=N)N(CC)C1C2CCC(C2)C1c1ccccc1. The van der Waals surface area contributed by atoms with Crippen LogP contribution in [0.5, 0.6) is 0 Å². The van der Waals surface area contributed by atoms with Crippen LogP contribution in [0.15, 0.2) is 30.3 Å². The Hall–Kier alpha value is -2.04. The van der Waals surface area contributed by atoms with Crippen LogP contribution in [0, 0.1) is 17.2 Å². The van der Waals surface area contributed by atoms with Crippen LogP contribution in [0.4, 0.5) is 0 Å². The number of fused-ring (bicyclic) bond motifs is 2. The van der Waals surface area contributed by atoms with Gasteiger partial charge in [-0.15, -0.1) is 0 Å². The molecule has 0 aromatic heterocycles. The van der Waals surface area contributed by atoms with Gasteiger partial charge in [-0.3, -0.25) is 10.2 Å². The minimum atomic E-state index is -0.241. The molecule has 5 heteroatoms. The van der Waals surface area contributed by atoms with Crippen LogP contribution in [-0.2, 0) is 4.79 Å². The summed E-state index contributed by atoms with van der Waals surface area (Å²) in [4.78, 5) is 14.8. The summed E-state index contributed by atoms with van der Waals surface area (Å²) in [7, 11) is 0. The second kappa shape index (κ2) is 17.6. The first-order chi connectivity index (χ1) is 19.0. The minimum absolute atomic E-state index is 0.0935. The lowest BCUT2D eigenvalue weighted by atomic mass is 9.79. The third-order valence-electron chi connectivity index (χ3n) is 9.28. The summed E-state index contributed by atoms with van der Waals surface area (Å²) in [6, 6.07) is 11.3. The number of carbonyl (C=O) groups excluding carboxylic acids is 1. The van der Waals surface area contributed by atoms with Crippen molar-refractivity contribution < 1.29 is 4.79 Å². The minimum Gasteiger partial charge on any atom is -0.340 e. The van der Waals surface area contributed by atoms with E-state index >= 15 is 0 Å². The van der Waals surface area contributed by atoms with Gasteiger partial charge in [0.2, 0.25) is 5.91 Å². The zero-order chi connectivity index (χ0) is 27.9. The molecule has 0 heterocycles. The third-order valence-corrected chi connectivity index (χ3v) is 9.28. The van der Waals surface area contributed by atoms with Gasteiger partial charge in [-0.1, -0.05) is 114 Å². The van der Waals surface area contributed by atoms with Gasteiger partial charge in [-0.2, -0.15) is 0 Å². The van der Waals surface area contributed by atoms with Crippen LogP contribution in [0.3, 0.4) is 0 Å². The summed E-state index contributed by atoms with van der Waals surface area (Å²) in [5, 5.41) is 15.3. The molecule has 5 atom stereocenters. The molecule has 0 spiro atoms. The Morgan fingerprint density at radius 1 is 0.846 bits per heavy atom. The molecular weight excluding hydrogens is 480 g/mol. The first-order valence-corrected chi connectivity index (χ1v) is 16.5. The van der Waals surface area contributed by atoms with E-state index in [-0.39, 0.29) is 12.1 Å². The topological polar surface area (TPSA) is 68.2 Å². The van der Waals surface area contributed by atoms with Gasteiger partial charge in [-0.05, 0) is 56.9 Å². The fourth-order valence-corrected chi connectivity index (χ4v) is 7.31. The van der Waals surface area contributed by atoms with E-state index in [1.807, 2.05) is 6.92 Å². The molecule has 2 bridgehead atoms. The van der Waals surface area contributed by atoms with E-state index in [4.69, 9.17) is 5.41 Å². The largest absolute Gasteiger partial charge is 0.340 e. The fraction of sp³-hybridized carbons (Fsp3) is 0.765. The van der Waals surface area contributed by atoms with Gasteiger partial charge in [0.15, 0.2) is 5.96 Å². The van der Waals surface area contributed by atoms with Crippen molar-refractivity contribution in [1.82, 2.24) is 15.5 Å². The molecule has 1 aromatic carbocycles. The van der Waals surface area contributed by atoms with E-state index in [2.05, 4.69) is 59.7 Å². The number of guanidine groups is 1. The average Bonchev–Trinajstić information content (AvgIpc) is 3.54. The van der Waals surface area contributed by atoms with Crippen molar-refractivity contribution >= 4 is 11.9 Å². The van der Waals surface area contributed by atoms with Crippen molar-refractivity contribution in [3.63, 3.8) is 0 Å². The number of amides is 1. The molecular formula is C34H58N4O. The second-order valence-corrected chi connectivity index (χ2v) is 12.3. The van der Waals surface area contributed by atoms with Crippen molar-refractivity contribution in [3.8, 4) is 0 Å². The standard InChI is InChI=1S/C34H58N4O/c1-4-6-7-8-9-10-11-12-13-14-15-16-20-23-31(39)36-27(3)37-34(35)38(5-2)33-30-25-24-29(26-30)32(33)28-21-18-17-19-22-28/h17-19,21-22,27,29-30,32-33H,4-16,20,23-26H2,1-3H3,(H2,35,37)(H,36,39). The highest BCUT2D eigenvalue weighted by atomic mass is 16.1. The molecule has 5 unspecified atom stereocenters. The lowest BCUT2D eigenvalue weighted by Crippen LogP contribution is -2.55. The third kappa shape index (κ3) is 10.1. The van der Waals surface area contributed by atoms with Crippen LogP contribution < -0.4 is 10.6 Å². The zero-order valence-corrected chi connectivity index (χ0v) is 25.4. The number of unbranched alkanes of at least 4 members (excludes halogenated alkanes) is 12. The van der Waals surface area contributed by atoms with E-state index < -0.39 is 0 Å². The predicted molar refractivity (Wildman–Crippen MR) is 165 cm³/mol.